The molecule has 0 fully saturated rings. The Morgan fingerprint density at radius 3 is 3.17 bits per heavy atom. The van der Waals surface area contributed by atoms with Crippen LogP contribution in [0.4, 0.5) is 5.69 Å². The zero-order valence-electron chi connectivity index (χ0n) is 10.8. The van der Waals surface area contributed by atoms with Crippen molar-refractivity contribution in [3.63, 3.8) is 0 Å². The largest absolute Gasteiger partial charge is 0.469 e. The lowest BCUT2D eigenvalue weighted by Crippen LogP contribution is -2.17. The number of rotatable bonds is 7. The topological polar surface area (TPSA) is 52.2 Å². The van der Waals surface area contributed by atoms with Crippen molar-refractivity contribution >= 4 is 5.69 Å². The van der Waals surface area contributed by atoms with E-state index in [4.69, 9.17) is 9.15 Å². The highest BCUT2D eigenvalue weighted by Crippen LogP contribution is 2.10. The van der Waals surface area contributed by atoms with E-state index in [9.17, 15) is 0 Å². The zero-order valence-corrected chi connectivity index (χ0v) is 10.8. The molecule has 1 N–H and O–H groups in total. The molecule has 0 aromatic carbocycles. The number of methoxy groups -OCH3 is 1. The minimum Gasteiger partial charge on any atom is -0.469 e. The zero-order chi connectivity index (χ0) is 12.8. The summed E-state index contributed by atoms with van der Waals surface area (Å²) in [6.45, 7) is 3.56. The molecule has 0 saturated carbocycles. The van der Waals surface area contributed by atoms with Gasteiger partial charge in [-0.15, -0.1) is 0 Å². The molecule has 0 aliphatic carbocycles. The summed E-state index contributed by atoms with van der Waals surface area (Å²) in [6, 6.07) is 4.20. The lowest BCUT2D eigenvalue weighted by molar-refractivity contribution is 0.183. The van der Waals surface area contributed by atoms with Crippen LogP contribution in [0.25, 0.3) is 0 Å². The van der Waals surface area contributed by atoms with Gasteiger partial charge in [0, 0.05) is 25.8 Å². The molecule has 0 saturated heterocycles. The Morgan fingerprint density at radius 1 is 1.56 bits per heavy atom. The second-order valence-electron chi connectivity index (χ2n) is 4.31. The Hall–Kier alpha value is -1.75. The lowest BCUT2D eigenvalue weighted by atomic mass is 10.2. The molecule has 1 unspecified atom stereocenters. The molecule has 2 aromatic heterocycles. The minimum absolute atomic E-state index is 0.302. The van der Waals surface area contributed by atoms with Crippen molar-refractivity contribution in [3.05, 3.63) is 36.5 Å². The average molecular weight is 249 g/mol. The number of nitrogens with zero attached hydrogens (tertiary/aromatic N) is 2. The summed E-state index contributed by atoms with van der Waals surface area (Å²) in [7, 11) is 1.69. The summed E-state index contributed by atoms with van der Waals surface area (Å²) in [6.07, 6.45) is 6.37. The molecular weight excluding hydrogens is 230 g/mol. The van der Waals surface area contributed by atoms with Gasteiger partial charge in [-0.05, 0) is 19.1 Å². The Morgan fingerprint density at radius 2 is 2.44 bits per heavy atom. The van der Waals surface area contributed by atoms with Gasteiger partial charge in [-0.2, -0.15) is 5.10 Å². The standard InChI is InChI=1S/C13H19N3O2/c1-11(8-13-4-3-6-18-13)15-12-9-14-16(10-12)5-7-17-2/h3-4,6,9-11,15H,5,7-8H2,1-2H3. The van der Waals surface area contributed by atoms with Gasteiger partial charge in [0.15, 0.2) is 0 Å². The predicted molar refractivity (Wildman–Crippen MR) is 69.6 cm³/mol. The van der Waals surface area contributed by atoms with Crippen molar-refractivity contribution in [2.75, 3.05) is 19.0 Å². The van der Waals surface area contributed by atoms with Gasteiger partial charge >= 0.3 is 0 Å². The summed E-state index contributed by atoms with van der Waals surface area (Å²) in [4.78, 5) is 0. The van der Waals surface area contributed by atoms with Crippen molar-refractivity contribution in [1.82, 2.24) is 9.78 Å². The van der Waals surface area contributed by atoms with E-state index in [2.05, 4.69) is 17.3 Å². The fourth-order valence-corrected chi connectivity index (χ4v) is 1.81. The molecule has 18 heavy (non-hydrogen) atoms. The van der Waals surface area contributed by atoms with Crippen LogP contribution < -0.4 is 5.32 Å². The molecule has 2 heterocycles. The van der Waals surface area contributed by atoms with E-state index in [1.165, 1.54) is 0 Å². The molecule has 2 aromatic rings. The number of hydrogen-bond acceptors (Lipinski definition) is 4. The predicted octanol–water partition coefficient (Wildman–Crippen LogP) is 2.17. The average Bonchev–Trinajstić information content (AvgIpc) is 2.98. The third kappa shape index (κ3) is 3.63. The monoisotopic (exact) mass is 249 g/mol. The summed E-state index contributed by atoms with van der Waals surface area (Å²) in [5, 5.41) is 7.65. The van der Waals surface area contributed by atoms with E-state index in [1.807, 2.05) is 29.2 Å². The van der Waals surface area contributed by atoms with E-state index in [0.29, 0.717) is 12.6 Å². The molecule has 0 radical (unpaired) electrons. The van der Waals surface area contributed by atoms with E-state index >= 15 is 0 Å². The van der Waals surface area contributed by atoms with Crippen molar-refractivity contribution < 1.29 is 9.15 Å². The summed E-state index contributed by atoms with van der Waals surface area (Å²) in [5.41, 5.74) is 1.02. The van der Waals surface area contributed by atoms with Crippen LogP contribution in [-0.4, -0.2) is 29.5 Å². The van der Waals surface area contributed by atoms with Crippen LogP contribution in [-0.2, 0) is 17.7 Å². The maximum absolute atomic E-state index is 5.32. The van der Waals surface area contributed by atoms with Crippen molar-refractivity contribution in [3.8, 4) is 0 Å². The van der Waals surface area contributed by atoms with Crippen molar-refractivity contribution in [2.24, 2.45) is 0 Å². The van der Waals surface area contributed by atoms with Crippen LogP contribution in [0.5, 0.6) is 0 Å². The smallest absolute Gasteiger partial charge is 0.105 e. The van der Waals surface area contributed by atoms with Gasteiger partial charge in [-0.3, -0.25) is 4.68 Å². The maximum Gasteiger partial charge on any atom is 0.105 e. The fraction of sp³-hybridized carbons (Fsp3) is 0.462. The third-order valence-corrected chi connectivity index (χ3v) is 2.66. The van der Waals surface area contributed by atoms with E-state index < -0.39 is 0 Å². The number of nitrogens with one attached hydrogen (secondary N) is 1. The first kappa shape index (κ1) is 12.7. The highest BCUT2D eigenvalue weighted by atomic mass is 16.5. The van der Waals surface area contributed by atoms with E-state index in [1.54, 1.807) is 13.4 Å². The normalized spacial score (nSPS) is 12.6. The third-order valence-electron chi connectivity index (χ3n) is 2.66. The number of aromatic nitrogens is 2. The SMILES string of the molecule is COCCn1cc(NC(C)Cc2ccco2)cn1. The summed E-state index contributed by atoms with van der Waals surface area (Å²) < 4.78 is 12.2. The molecule has 1 atom stereocenters. The van der Waals surface area contributed by atoms with Gasteiger partial charge in [0.05, 0.1) is 31.3 Å². The maximum atomic E-state index is 5.32. The first-order chi connectivity index (χ1) is 8.78. The second kappa shape index (κ2) is 6.26. The van der Waals surface area contributed by atoms with Crippen LogP contribution in [0.1, 0.15) is 12.7 Å². The second-order valence-corrected chi connectivity index (χ2v) is 4.31. The van der Waals surface area contributed by atoms with E-state index in [0.717, 1.165) is 24.4 Å². The molecule has 98 valence electrons. The molecule has 0 aliphatic heterocycles. The van der Waals surface area contributed by atoms with Gasteiger partial charge in [0.2, 0.25) is 0 Å². The van der Waals surface area contributed by atoms with Crippen LogP contribution in [0, 0.1) is 0 Å². The van der Waals surface area contributed by atoms with Crippen LogP contribution in [0.15, 0.2) is 35.2 Å². The molecular formula is C13H19N3O2. The Kier molecular flexibility index (Phi) is 4.41. The van der Waals surface area contributed by atoms with E-state index in [-0.39, 0.29) is 0 Å². The summed E-state index contributed by atoms with van der Waals surface area (Å²) >= 11 is 0. The number of ether oxygens (including phenoxy) is 1. The van der Waals surface area contributed by atoms with Crippen molar-refractivity contribution in [1.29, 1.82) is 0 Å². The molecule has 2 rings (SSSR count). The Bertz CT molecular complexity index is 451. The van der Waals surface area contributed by atoms with Gasteiger partial charge in [-0.25, -0.2) is 0 Å². The molecule has 5 heteroatoms. The first-order valence-electron chi connectivity index (χ1n) is 6.08. The lowest BCUT2D eigenvalue weighted by Gasteiger charge is -2.11. The molecule has 5 nitrogen and oxygen atoms in total. The highest BCUT2D eigenvalue weighted by Gasteiger charge is 2.07. The number of hydrogen-bond donors (Lipinski definition) is 1. The molecule has 0 aliphatic rings. The molecule has 0 bridgehead atoms. The van der Waals surface area contributed by atoms with Gasteiger partial charge in [0.25, 0.3) is 0 Å². The van der Waals surface area contributed by atoms with Crippen LogP contribution in [0.2, 0.25) is 0 Å². The molecule has 0 amide bonds. The van der Waals surface area contributed by atoms with Crippen LogP contribution in [0.3, 0.4) is 0 Å². The van der Waals surface area contributed by atoms with Crippen LogP contribution >= 0.6 is 0 Å². The Balaban J connectivity index is 1.83. The molecule has 0 spiro atoms. The van der Waals surface area contributed by atoms with Gasteiger partial charge < -0.3 is 14.5 Å². The number of furan rings is 1. The quantitative estimate of drug-likeness (QED) is 0.817. The number of anilines is 1. The Labute approximate surface area is 107 Å². The van der Waals surface area contributed by atoms with Crippen molar-refractivity contribution in [2.45, 2.75) is 25.9 Å². The summed E-state index contributed by atoms with van der Waals surface area (Å²) in [5.74, 6) is 0.988. The van der Waals surface area contributed by atoms with Gasteiger partial charge in [0.1, 0.15) is 5.76 Å². The fourth-order valence-electron chi connectivity index (χ4n) is 1.81. The van der Waals surface area contributed by atoms with Gasteiger partial charge in [-0.1, -0.05) is 0 Å². The highest BCUT2D eigenvalue weighted by molar-refractivity contribution is 5.39. The minimum atomic E-state index is 0.302. The first-order valence-corrected chi connectivity index (χ1v) is 6.08.